The molecule has 0 aliphatic rings. The molecule has 0 rings (SSSR count). The molecule has 0 fully saturated rings. The van der Waals surface area contributed by atoms with Crippen molar-refractivity contribution < 1.29 is 51.1 Å². The lowest BCUT2D eigenvalue weighted by Gasteiger charge is -1.96. The van der Waals surface area contributed by atoms with Crippen LogP contribution in [0.15, 0.2) is 0 Å². The molecule has 10 N–H and O–H groups in total. The zero-order valence-electron chi connectivity index (χ0n) is 12.2. The average Bonchev–Trinajstić information content (AvgIpc) is 2.54. The predicted molar refractivity (Wildman–Crippen MR) is 73.3 cm³/mol. The minimum Gasteiger partial charge on any atom is -0.397 e. The average molecular weight is 322 g/mol. The number of hydrogen-bond donors (Lipinski definition) is 10. The lowest BCUT2D eigenvalue weighted by Crippen LogP contribution is -2.15. The summed E-state index contributed by atoms with van der Waals surface area (Å²) in [6.07, 6.45) is -2.86. The first-order valence-electron chi connectivity index (χ1n) is 6.14. The van der Waals surface area contributed by atoms with Crippen molar-refractivity contribution in [3.63, 3.8) is 0 Å². The Balaban J connectivity index is -0.0000000944. The molecular weight excluding hydrogens is 292 g/mol. The SMILES string of the molecule is CCO.OCC(O)CO.OCC(O)CO.OCC(O)CO. The first kappa shape index (κ1) is 28.7. The molecular formula is C11H30O10. The van der Waals surface area contributed by atoms with E-state index in [1.165, 1.54) is 0 Å². The summed E-state index contributed by atoms with van der Waals surface area (Å²) in [7, 11) is 0. The monoisotopic (exact) mass is 322 g/mol. The largest absolute Gasteiger partial charge is 0.397 e. The molecule has 0 aliphatic carbocycles. The lowest BCUT2D eigenvalue weighted by molar-refractivity contribution is 0.0450. The second-order valence-corrected chi connectivity index (χ2v) is 3.37. The maximum Gasteiger partial charge on any atom is 0.100 e. The second kappa shape index (κ2) is 27.9. The molecule has 0 amide bonds. The third-order valence-corrected chi connectivity index (χ3v) is 1.26. The highest BCUT2D eigenvalue weighted by Crippen LogP contribution is 1.72. The minimum absolute atomic E-state index is 0.250. The lowest BCUT2D eigenvalue weighted by atomic mass is 10.4. The van der Waals surface area contributed by atoms with Crippen LogP contribution in [0.3, 0.4) is 0 Å². The number of hydrogen-bond acceptors (Lipinski definition) is 10. The Morgan fingerprint density at radius 3 is 0.571 bits per heavy atom. The van der Waals surface area contributed by atoms with Gasteiger partial charge >= 0.3 is 0 Å². The zero-order chi connectivity index (χ0) is 17.7. The van der Waals surface area contributed by atoms with Crippen LogP contribution in [0.25, 0.3) is 0 Å². The molecule has 10 heteroatoms. The third kappa shape index (κ3) is 45.1. The van der Waals surface area contributed by atoms with E-state index in [9.17, 15) is 0 Å². The van der Waals surface area contributed by atoms with Gasteiger partial charge in [0.15, 0.2) is 0 Å². The van der Waals surface area contributed by atoms with Gasteiger partial charge in [-0.15, -0.1) is 0 Å². The molecule has 0 bridgehead atoms. The summed E-state index contributed by atoms with van der Waals surface area (Å²) in [5.74, 6) is 0. The van der Waals surface area contributed by atoms with E-state index in [-0.39, 0.29) is 46.2 Å². The van der Waals surface area contributed by atoms with Gasteiger partial charge in [0.05, 0.1) is 39.6 Å². The summed E-state index contributed by atoms with van der Waals surface area (Å²) in [5, 5.41) is 79.6. The van der Waals surface area contributed by atoms with E-state index in [4.69, 9.17) is 51.1 Å². The standard InChI is InChI=1S/3C3H8O3.C2H6O/c3*4-1-3(6)2-5;1-2-3/h3*3-6H,1-2H2;3H,2H2,1H3. The molecule has 0 aliphatic heterocycles. The maximum absolute atomic E-state index is 8.17. The molecule has 10 nitrogen and oxygen atoms in total. The van der Waals surface area contributed by atoms with Crippen molar-refractivity contribution in [1.29, 1.82) is 0 Å². The fraction of sp³-hybridized carbons (Fsp3) is 1.00. The van der Waals surface area contributed by atoms with Crippen LogP contribution in [0.4, 0.5) is 0 Å². The second-order valence-electron chi connectivity index (χ2n) is 3.37. The van der Waals surface area contributed by atoms with Gasteiger partial charge in [0.25, 0.3) is 0 Å². The molecule has 134 valence electrons. The van der Waals surface area contributed by atoms with Gasteiger partial charge < -0.3 is 51.1 Å². The molecule has 0 unspecified atom stereocenters. The van der Waals surface area contributed by atoms with E-state index in [1.54, 1.807) is 6.92 Å². The Morgan fingerprint density at radius 1 is 0.476 bits per heavy atom. The van der Waals surface area contributed by atoms with Crippen molar-refractivity contribution in [3.05, 3.63) is 0 Å². The molecule has 21 heavy (non-hydrogen) atoms. The molecule has 0 heterocycles. The third-order valence-electron chi connectivity index (χ3n) is 1.26. The molecule has 0 saturated heterocycles. The molecule has 0 aromatic carbocycles. The van der Waals surface area contributed by atoms with E-state index < -0.39 is 18.3 Å². The van der Waals surface area contributed by atoms with Gasteiger partial charge in [-0.1, -0.05) is 0 Å². The van der Waals surface area contributed by atoms with Gasteiger partial charge in [-0.3, -0.25) is 0 Å². The Hall–Kier alpha value is -0.400. The Bertz CT molecular complexity index is 113. The van der Waals surface area contributed by atoms with Crippen molar-refractivity contribution >= 4 is 0 Å². The molecule has 0 aromatic rings. The predicted octanol–water partition coefficient (Wildman–Crippen LogP) is -5.01. The summed E-state index contributed by atoms with van der Waals surface area (Å²) >= 11 is 0. The van der Waals surface area contributed by atoms with E-state index in [2.05, 4.69) is 0 Å². The fourth-order valence-corrected chi connectivity index (χ4v) is 0.173. The van der Waals surface area contributed by atoms with Gasteiger partial charge in [-0.2, -0.15) is 0 Å². The van der Waals surface area contributed by atoms with Crippen LogP contribution in [0.5, 0.6) is 0 Å². The molecule has 0 radical (unpaired) electrons. The number of aliphatic hydroxyl groups excluding tert-OH is 10. The quantitative estimate of drug-likeness (QED) is 0.225. The highest BCUT2D eigenvalue weighted by atomic mass is 16.4. The van der Waals surface area contributed by atoms with Crippen molar-refractivity contribution in [3.8, 4) is 0 Å². The van der Waals surface area contributed by atoms with Crippen molar-refractivity contribution in [2.24, 2.45) is 0 Å². The smallest absolute Gasteiger partial charge is 0.100 e. The van der Waals surface area contributed by atoms with Crippen LogP contribution in [-0.2, 0) is 0 Å². The van der Waals surface area contributed by atoms with E-state index in [1.807, 2.05) is 0 Å². The summed E-state index contributed by atoms with van der Waals surface area (Å²) in [5.41, 5.74) is 0. The van der Waals surface area contributed by atoms with Gasteiger partial charge in [0.2, 0.25) is 0 Å². The molecule has 0 spiro atoms. The summed E-state index contributed by atoms with van der Waals surface area (Å²) in [4.78, 5) is 0. The maximum atomic E-state index is 8.17. The van der Waals surface area contributed by atoms with E-state index >= 15 is 0 Å². The van der Waals surface area contributed by atoms with Crippen molar-refractivity contribution in [2.75, 3.05) is 46.2 Å². The molecule has 0 atom stereocenters. The number of aliphatic hydroxyl groups is 10. The van der Waals surface area contributed by atoms with Gasteiger partial charge in [0, 0.05) is 6.61 Å². The normalized spacial score (nSPS) is 9.43. The van der Waals surface area contributed by atoms with Crippen molar-refractivity contribution in [1.82, 2.24) is 0 Å². The van der Waals surface area contributed by atoms with E-state index in [0.717, 1.165) is 0 Å². The van der Waals surface area contributed by atoms with Crippen LogP contribution < -0.4 is 0 Å². The minimum atomic E-state index is -0.954. The van der Waals surface area contributed by atoms with Crippen LogP contribution >= 0.6 is 0 Å². The topological polar surface area (TPSA) is 202 Å². The van der Waals surface area contributed by atoms with Crippen LogP contribution in [0.2, 0.25) is 0 Å². The van der Waals surface area contributed by atoms with Crippen LogP contribution in [0, 0.1) is 0 Å². The summed E-state index contributed by atoms with van der Waals surface area (Å²) < 4.78 is 0. The van der Waals surface area contributed by atoms with Gasteiger partial charge in [-0.05, 0) is 6.92 Å². The Morgan fingerprint density at radius 2 is 0.571 bits per heavy atom. The van der Waals surface area contributed by atoms with Crippen LogP contribution in [0.1, 0.15) is 6.92 Å². The molecule has 0 aromatic heterocycles. The van der Waals surface area contributed by atoms with Gasteiger partial charge in [-0.25, -0.2) is 0 Å². The highest BCUT2D eigenvalue weighted by molar-refractivity contribution is 4.44. The first-order chi connectivity index (χ1) is 9.84. The molecule has 0 saturated carbocycles. The van der Waals surface area contributed by atoms with Gasteiger partial charge in [0.1, 0.15) is 18.3 Å². The number of rotatable bonds is 6. The van der Waals surface area contributed by atoms with Crippen LogP contribution in [-0.4, -0.2) is 116 Å². The Kier molecular flexibility index (Phi) is 38.1. The zero-order valence-corrected chi connectivity index (χ0v) is 12.2. The Labute approximate surface area is 123 Å². The first-order valence-corrected chi connectivity index (χ1v) is 6.14. The van der Waals surface area contributed by atoms with Crippen molar-refractivity contribution in [2.45, 2.75) is 25.2 Å². The fourth-order valence-electron chi connectivity index (χ4n) is 0.173. The highest BCUT2D eigenvalue weighted by Gasteiger charge is 1.94. The van der Waals surface area contributed by atoms with E-state index in [0.29, 0.717) is 0 Å². The summed E-state index contributed by atoms with van der Waals surface area (Å²) in [6, 6.07) is 0. The summed E-state index contributed by atoms with van der Waals surface area (Å²) in [6.45, 7) is -0.257.